The number of carbonyl (C=O) groups is 1. The van der Waals surface area contributed by atoms with Crippen LogP contribution < -0.4 is 0 Å². The molecular weight excluding hydrogens is 226 g/mol. The highest BCUT2D eigenvalue weighted by Crippen LogP contribution is 2.24. The fourth-order valence-electron chi connectivity index (χ4n) is 1.88. The average molecular weight is 243 g/mol. The van der Waals surface area contributed by atoms with E-state index in [0.717, 1.165) is 24.0 Å². The Kier molecular flexibility index (Phi) is 3.55. The van der Waals surface area contributed by atoms with E-state index in [1.54, 1.807) is 17.1 Å². The summed E-state index contributed by atoms with van der Waals surface area (Å²) in [4.78, 5) is 15.5. The molecule has 4 heteroatoms. The van der Waals surface area contributed by atoms with E-state index in [1.165, 1.54) is 0 Å². The molecule has 0 radical (unpaired) electrons. The molecule has 0 aliphatic heterocycles. The van der Waals surface area contributed by atoms with Crippen LogP contribution in [-0.2, 0) is 6.42 Å². The molecular formula is C14H17N3O. The van der Waals surface area contributed by atoms with Crippen molar-refractivity contribution in [2.24, 2.45) is 0 Å². The third-order valence-electron chi connectivity index (χ3n) is 2.91. The van der Waals surface area contributed by atoms with Gasteiger partial charge in [-0.15, -0.1) is 0 Å². The summed E-state index contributed by atoms with van der Waals surface area (Å²) in [6.45, 7) is 6.13. The van der Waals surface area contributed by atoms with Crippen LogP contribution >= 0.6 is 0 Å². The number of aromatic nitrogens is 3. The zero-order chi connectivity index (χ0) is 13.1. The lowest BCUT2D eigenvalue weighted by atomic mass is 10.1. The molecule has 0 aromatic carbocycles. The van der Waals surface area contributed by atoms with Crippen LogP contribution in [0.3, 0.4) is 0 Å². The van der Waals surface area contributed by atoms with Crippen LogP contribution in [0.1, 0.15) is 42.7 Å². The highest BCUT2D eigenvalue weighted by Gasteiger charge is 2.15. The molecule has 0 atom stereocenters. The molecule has 2 aromatic rings. The lowest BCUT2D eigenvalue weighted by Gasteiger charge is -2.05. The van der Waals surface area contributed by atoms with Crippen molar-refractivity contribution in [3.63, 3.8) is 0 Å². The van der Waals surface area contributed by atoms with Crippen molar-refractivity contribution >= 4 is 6.29 Å². The molecule has 0 unspecified atom stereocenters. The Hall–Kier alpha value is -1.97. The maximum atomic E-state index is 11.2. The number of hydrogen-bond acceptors (Lipinski definition) is 3. The van der Waals surface area contributed by atoms with Crippen LogP contribution in [0, 0.1) is 0 Å². The Bertz CT molecular complexity index is 558. The standard InChI is InChI=1S/C14H17N3O/c1-4-11-6-5-7-15-13(11)14-12(9-18)8-17(16-14)10(2)3/h5-10H,4H2,1-3H3. The van der Waals surface area contributed by atoms with Gasteiger partial charge < -0.3 is 0 Å². The third-order valence-corrected chi connectivity index (χ3v) is 2.91. The minimum absolute atomic E-state index is 0.228. The summed E-state index contributed by atoms with van der Waals surface area (Å²) < 4.78 is 1.80. The highest BCUT2D eigenvalue weighted by atomic mass is 16.1. The summed E-state index contributed by atoms with van der Waals surface area (Å²) in [5, 5.41) is 4.48. The second kappa shape index (κ2) is 5.12. The molecule has 0 N–H and O–H groups in total. The van der Waals surface area contributed by atoms with Gasteiger partial charge in [0.05, 0.1) is 11.3 Å². The predicted molar refractivity (Wildman–Crippen MR) is 70.6 cm³/mol. The lowest BCUT2D eigenvalue weighted by Crippen LogP contribution is -2.01. The summed E-state index contributed by atoms with van der Waals surface area (Å²) in [6, 6.07) is 4.15. The summed E-state index contributed by atoms with van der Waals surface area (Å²) in [7, 11) is 0. The molecule has 2 heterocycles. The Morgan fingerprint density at radius 1 is 1.39 bits per heavy atom. The van der Waals surface area contributed by atoms with Crippen molar-refractivity contribution in [3.8, 4) is 11.4 Å². The van der Waals surface area contributed by atoms with Gasteiger partial charge in [0.25, 0.3) is 0 Å². The largest absolute Gasteiger partial charge is 0.298 e. The van der Waals surface area contributed by atoms with Gasteiger partial charge in [0.15, 0.2) is 6.29 Å². The van der Waals surface area contributed by atoms with Crippen molar-refractivity contribution < 1.29 is 4.79 Å². The topological polar surface area (TPSA) is 47.8 Å². The molecule has 0 aliphatic rings. The molecule has 18 heavy (non-hydrogen) atoms. The number of carbonyl (C=O) groups excluding carboxylic acids is 1. The molecule has 0 spiro atoms. The monoisotopic (exact) mass is 243 g/mol. The van der Waals surface area contributed by atoms with Crippen LogP contribution in [0.5, 0.6) is 0 Å². The molecule has 0 bridgehead atoms. The minimum Gasteiger partial charge on any atom is -0.298 e. The fourth-order valence-corrected chi connectivity index (χ4v) is 1.88. The number of hydrogen-bond donors (Lipinski definition) is 0. The second-order valence-electron chi connectivity index (χ2n) is 4.49. The number of aldehydes is 1. The summed E-state index contributed by atoms with van der Waals surface area (Å²) in [5.41, 5.74) is 3.18. The zero-order valence-electron chi connectivity index (χ0n) is 10.9. The smallest absolute Gasteiger partial charge is 0.153 e. The van der Waals surface area contributed by atoms with Crippen LogP contribution in [0.4, 0.5) is 0 Å². The first-order valence-electron chi connectivity index (χ1n) is 6.16. The van der Waals surface area contributed by atoms with Gasteiger partial charge in [-0.3, -0.25) is 14.5 Å². The first-order chi connectivity index (χ1) is 8.67. The zero-order valence-corrected chi connectivity index (χ0v) is 10.9. The first-order valence-corrected chi connectivity index (χ1v) is 6.16. The van der Waals surface area contributed by atoms with Crippen molar-refractivity contribution in [1.29, 1.82) is 0 Å². The molecule has 4 nitrogen and oxygen atoms in total. The van der Waals surface area contributed by atoms with Gasteiger partial charge in [0.2, 0.25) is 0 Å². The van der Waals surface area contributed by atoms with Gasteiger partial charge in [-0.1, -0.05) is 13.0 Å². The van der Waals surface area contributed by atoms with Crippen molar-refractivity contribution in [2.75, 3.05) is 0 Å². The van der Waals surface area contributed by atoms with E-state index >= 15 is 0 Å². The van der Waals surface area contributed by atoms with Crippen LogP contribution in [0.15, 0.2) is 24.5 Å². The molecule has 0 fully saturated rings. The molecule has 94 valence electrons. The predicted octanol–water partition coefficient (Wildman–Crippen LogP) is 2.90. The van der Waals surface area contributed by atoms with Gasteiger partial charge >= 0.3 is 0 Å². The average Bonchev–Trinajstić information content (AvgIpc) is 2.82. The van der Waals surface area contributed by atoms with Crippen LogP contribution in [0.2, 0.25) is 0 Å². The quantitative estimate of drug-likeness (QED) is 0.776. The number of nitrogens with zero attached hydrogens (tertiary/aromatic N) is 3. The minimum atomic E-state index is 0.228. The Balaban J connectivity index is 2.59. The summed E-state index contributed by atoms with van der Waals surface area (Å²) in [5.74, 6) is 0. The number of rotatable bonds is 4. The molecule has 0 saturated heterocycles. The maximum Gasteiger partial charge on any atom is 0.153 e. The summed E-state index contributed by atoms with van der Waals surface area (Å²) in [6.07, 6.45) is 5.23. The molecule has 2 aromatic heterocycles. The summed E-state index contributed by atoms with van der Waals surface area (Å²) >= 11 is 0. The third kappa shape index (κ3) is 2.18. The Morgan fingerprint density at radius 3 is 2.78 bits per heavy atom. The normalized spacial score (nSPS) is 10.9. The van der Waals surface area contributed by atoms with E-state index in [2.05, 4.69) is 17.0 Å². The second-order valence-corrected chi connectivity index (χ2v) is 4.49. The fraction of sp³-hybridized carbons (Fsp3) is 0.357. The van der Waals surface area contributed by atoms with Gasteiger partial charge in [-0.25, -0.2) is 0 Å². The van der Waals surface area contributed by atoms with Crippen LogP contribution in [-0.4, -0.2) is 21.1 Å². The van der Waals surface area contributed by atoms with Crippen molar-refractivity contribution in [3.05, 3.63) is 35.7 Å². The van der Waals surface area contributed by atoms with E-state index in [4.69, 9.17) is 0 Å². The van der Waals surface area contributed by atoms with E-state index < -0.39 is 0 Å². The maximum absolute atomic E-state index is 11.2. The van der Waals surface area contributed by atoms with E-state index in [0.29, 0.717) is 11.3 Å². The van der Waals surface area contributed by atoms with Gasteiger partial charge in [-0.2, -0.15) is 5.10 Å². The molecule has 0 saturated carbocycles. The van der Waals surface area contributed by atoms with Gasteiger partial charge in [-0.05, 0) is 31.9 Å². The van der Waals surface area contributed by atoms with Gasteiger partial charge in [0, 0.05) is 18.4 Å². The molecule has 0 amide bonds. The van der Waals surface area contributed by atoms with E-state index in [1.807, 2.05) is 26.0 Å². The lowest BCUT2D eigenvalue weighted by molar-refractivity contribution is 0.112. The molecule has 0 aliphatic carbocycles. The van der Waals surface area contributed by atoms with E-state index in [9.17, 15) is 4.79 Å². The number of pyridine rings is 1. The van der Waals surface area contributed by atoms with Crippen molar-refractivity contribution in [2.45, 2.75) is 33.2 Å². The Labute approximate surface area is 107 Å². The first kappa shape index (κ1) is 12.5. The van der Waals surface area contributed by atoms with E-state index in [-0.39, 0.29) is 6.04 Å². The SMILES string of the molecule is CCc1cccnc1-c1nn(C(C)C)cc1C=O. The van der Waals surface area contributed by atoms with Crippen molar-refractivity contribution in [1.82, 2.24) is 14.8 Å². The van der Waals surface area contributed by atoms with Gasteiger partial charge in [0.1, 0.15) is 5.69 Å². The molecule has 2 rings (SSSR count). The van der Waals surface area contributed by atoms with Crippen LogP contribution in [0.25, 0.3) is 11.4 Å². The highest BCUT2D eigenvalue weighted by molar-refractivity contribution is 5.85. The Morgan fingerprint density at radius 2 is 2.17 bits per heavy atom. The number of aryl methyl sites for hydroxylation is 1.